The Morgan fingerprint density at radius 2 is 1.63 bits per heavy atom. The summed E-state index contributed by atoms with van der Waals surface area (Å²) in [5, 5.41) is 12.8. The van der Waals surface area contributed by atoms with E-state index in [1.54, 1.807) is 7.11 Å². The molecule has 1 fully saturated rings. The van der Waals surface area contributed by atoms with Gasteiger partial charge in [-0.1, -0.05) is 74.0 Å². The van der Waals surface area contributed by atoms with Crippen molar-refractivity contribution in [3.05, 3.63) is 95.6 Å². The summed E-state index contributed by atoms with van der Waals surface area (Å²) in [4.78, 5) is 2.38. The summed E-state index contributed by atoms with van der Waals surface area (Å²) >= 11 is 0. The number of para-hydroxylation sites is 1. The van der Waals surface area contributed by atoms with Crippen molar-refractivity contribution in [2.75, 3.05) is 46.6 Å². The van der Waals surface area contributed by atoms with Gasteiger partial charge in [-0.25, -0.2) is 0 Å². The maximum Gasteiger partial charge on any atom is 0.126 e. The zero-order chi connectivity index (χ0) is 24.5. The Morgan fingerprint density at radius 3 is 2.31 bits per heavy atom. The van der Waals surface area contributed by atoms with E-state index in [4.69, 9.17) is 14.2 Å². The number of methoxy groups -OCH3 is 1. The van der Waals surface area contributed by atoms with Crippen LogP contribution in [0.5, 0.6) is 11.5 Å². The van der Waals surface area contributed by atoms with Crippen LogP contribution in [-0.2, 0) is 10.3 Å². The smallest absolute Gasteiger partial charge is 0.126 e. The lowest BCUT2D eigenvalue weighted by Gasteiger charge is -2.41. The van der Waals surface area contributed by atoms with Crippen molar-refractivity contribution in [2.45, 2.75) is 31.3 Å². The third-order valence-corrected chi connectivity index (χ3v) is 6.83. The van der Waals surface area contributed by atoms with Crippen LogP contribution < -0.4 is 9.47 Å². The van der Waals surface area contributed by atoms with Crippen LogP contribution in [0.2, 0.25) is 0 Å². The molecule has 0 aliphatic carbocycles. The van der Waals surface area contributed by atoms with E-state index in [1.807, 2.05) is 66.7 Å². The molecule has 1 aliphatic heterocycles. The molecule has 4 rings (SSSR count). The third kappa shape index (κ3) is 5.87. The van der Waals surface area contributed by atoms with Gasteiger partial charge in [-0.05, 0) is 35.7 Å². The zero-order valence-electron chi connectivity index (χ0n) is 20.9. The number of benzene rings is 3. The minimum absolute atomic E-state index is 0.232. The quantitative estimate of drug-likeness (QED) is 0.385. The molecular weight excluding hydrogens is 438 g/mol. The molecule has 2 atom stereocenters. The second-order valence-corrected chi connectivity index (χ2v) is 9.07. The van der Waals surface area contributed by atoms with E-state index >= 15 is 0 Å². The summed E-state index contributed by atoms with van der Waals surface area (Å²) in [5.41, 5.74) is 1.32. The van der Waals surface area contributed by atoms with Crippen LogP contribution in [0, 0.1) is 0 Å². The number of hydrogen-bond acceptors (Lipinski definition) is 5. The lowest BCUT2D eigenvalue weighted by molar-refractivity contribution is -0.000153. The lowest BCUT2D eigenvalue weighted by atomic mass is 9.72. The molecule has 0 radical (unpaired) electrons. The van der Waals surface area contributed by atoms with Gasteiger partial charge in [0.1, 0.15) is 17.1 Å². The average Bonchev–Trinajstić information content (AvgIpc) is 2.93. The van der Waals surface area contributed by atoms with Crippen molar-refractivity contribution < 1.29 is 19.3 Å². The topological polar surface area (TPSA) is 51.2 Å². The van der Waals surface area contributed by atoms with Gasteiger partial charge >= 0.3 is 0 Å². The summed E-state index contributed by atoms with van der Waals surface area (Å²) in [6.45, 7) is 6.63. The number of ether oxygens (including phenoxy) is 3. The van der Waals surface area contributed by atoms with Gasteiger partial charge in [-0.2, -0.15) is 0 Å². The Hall–Kier alpha value is -2.86. The summed E-state index contributed by atoms with van der Waals surface area (Å²) in [6.07, 6.45) is 2.11. The molecule has 3 aromatic rings. The predicted octanol–water partition coefficient (Wildman–Crippen LogP) is 5.23. The molecule has 5 nitrogen and oxygen atoms in total. The van der Waals surface area contributed by atoms with Crippen LogP contribution >= 0.6 is 0 Å². The van der Waals surface area contributed by atoms with E-state index in [0.717, 1.165) is 48.4 Å². The lowest BCUT2D eigenvalue weighted by Crippen LogP contribution is -2.45. The van der Waals surface area contributed by atoms with E-state index in [0.29, 0.717) is 32.1 Å². The molecule has 0 spiro atoms. The minimum atomic E-state index is -1.33. The van der Waals surface area contributed by atoms with E-state index in [9.17, 15) is 5.11 Å². The molecular formula is C30H37NO4. The van der Waals surface area contributed by atoms with E-state index in [2.05, 4.69) is 24.0 Å². The molecule has 0 aromatic heterocycles. The molecule has 186 valence electrons. The van der Waals surface area contributed by atoms with Crippen molar-refractivity contribution in [2.24, 2.45) is 0 Å². The van der Waals surface area contributed by atoms with Crippen molar-refractivity contribution >= 4 is 0 Å². The van der Waals surface area contributed by atoms with Crippen molar-refractivity contribution in [3.8, 4) is 11.5 Å². The van der Waals surface area contributed by atoms with Crippen LogP contribution in [0.25, 0.3) is 0 Å². The summed E-state index contributed by atoms with van der Waals surface area (Å²) in [6, 6.07) is 26.0. The van der Waals surface area contributed by atoms with Gasteiger partial charge < -0.3 is 19.3 Å². The van der Waals surface area contributed by atoms with E-state index in [1.165, 1.54) is 0 Å². The highest BCUT2D eigenvalue weighted by Gasteiger charge is 2.44. The molecule has 1 N–H and O–H groups in total. The highest BCUT2D eigenvalue weighted by Crippen LogP contribution is 2.46. The minimum Gasteiger partial charge on any atom is -0.496 e. The van der Waals surface area contributed by atoms with Gasteiger partial charge in [0.15, 0.2) is 0 Å². The number of aliphatic hydroxyl groups is 1. The second-order valence-electron chi connectivity index (χ2n) is 9.07. The highest BCUT2D eigenvalue weighted by molar-refractivity contribution is 5.49. The van der Waals surface area contributed by atoms with Gasteiger partial charge in [0.05, 0.1) is 26.9 Å². The first kappa shape index (κ1) is 25.2. The monoisotopic (exact) mass is 475 g/mol. The molecule has 0 amide bonds. The Labute approximate surface area is 209 Å². The first-order valence-corrected chi connectivity index (χ1v) is 12.6. The maximum atomic E-state index is 12.8. The highest BCUT2D eigenvalue weighted by atomic mass is 16.5. The Morgan fingerprint density at radius 1 is 0.943 bits per heavy atom. The average molecular weight is 476 g/mol. The van der Waals surface area contributed by atoms with Gasteiger partial charge in [0, 0.05) is 31.1 Å². The fourth-order valence-electron chi connectivity index (χ4n) is 4.85. The third-order valence-electron chi connectivity index (χ3n) is 6.83. The van der Waals surface area contributed by atoms with E-state index < -0.39 is 5.60 Å². The number of nitrogens with zero attached hydrogens (tertiary/aromatic N) is 1. The molecule has 35 heavy (non-hydrogen) atoms. The Balaban J connectivity index is 1.81. The van der Waals surface area contributed by atoms with Crippen LogP contribution in [0.15, 0.2) is 78.9 Å². The fraction of sp³-hybridized carbons (Fsp3) is 0.400. The standard InChI is InChI=1S/C30H37NO4/c1-3-4-20-35-26-16-14-25(15-17-26)30(32,27-12-8-9-13-29(27)33-2)28(24-10-6-5-7-11-24)23-31-18-21-34-22-19-31/h5-17,28,32H,3-4,18-23H2,1-2H3/t28-,30+/m1/s1. The number of morpholine rings is 1. The van der Waals surface area contributed by atoms with Crippen molar-refractivity contribution in [1.29, 1.82) is 0 Å². The van der Waals surface area contributed by atoms with Crippen molar-refractivity contribution in [1.82, 2.24) is 4.90 Å². The zero-order valence-corrected chi connectivity index (χ0v) is 20.9. The number of rotatable bonds is 11. The van der Waals surface area contributed by atoms with Crippen LogP contribution in [0.1, 0.15) is 42.4 Å². The molecule has 1 heterocycles. The number of hydrogen-bond donors (Lipinski definition) is 1. The molecule has 0 bridgehead atoms. The number of unbranched alkanes of at least 4 members (excludes halogenated alkanes) is 1. The molecule has 3 aromatic carbocycles. The van der Waals surface area contributed by atoms with Gasteiger partial charge in [0.2, 0.25) is 0 Å². The summed E-state index contributed by atoms with van der Waals surface area (Å²) in [5.74, 6) is 1.25. The van der Waals surface area contributed by atoms with Crippen molar-refractivity contribution in [3.63, 3.8) is 0 Å². The summed E-state index contributed by atoms with van der Waals surface area (Å²) < 4.78 is 17.3. The maximum absolute atomic E-state index is 12.8. The van der Waals surface area contributed by atoms with E-state index in [-0.39, 0.29) is 5.92 Å². The predicted molar refractivity (Wildman–Crippen MR) is 139 cm³/mol. The SMILES string of the molecule is CCCCOc1ccc([C@](O)(c2ccccc2OC)[C@H](CN2CCOCC2)c2ccccc2)cc1. The molecule has 0 unspecified atom stereocenters. The fourth-order valence-corrected chi connectivity index (χ4v) is 4.85. The van der Waals surface area contributed by atoms with Crippen LogP contribution in [0.4, 0.5) is 0 Å². The first-order valence-electron chi connectivity index (χ1n) is 12.6. The van der Waals surface area contributed by atoms with Gasteiger partial charge in [-0.15, -0.1) is 0 Å². The molecule has 1 aliphatic rings. The normalized spacial score (nSPS) is 16.9. The van der Waals surface area contributed by atoms with Gasteiger partial charge in [-0.3, -0.25) is 4.90 Å². The molecule has 0 saturated carbocycles. The second kappa shape index (κ2) is 12.2. The van der Waals surface area contributed by atoms with Crippen LogP contribution in [-0.4, -0.2) is 56.6 Å². The van der Waals surface area contributed by atoms with Crippen LogP contribution in [0.3, 0.4) is 0 Å². The Kier molecular flexibility index (Phi) is 8.80. The summed E-state index contributed by atoms with van der Waals surface area (Å²) in [7, 11) is 1.66. The Bertz CT molecular complexity index is 1030. The largest absolute Gasteiger partial charge is 0.496 e. The molecule has 1 saturated heterocycles. The molecule has 5 heteroatoms. The van der Waals surface area contributed by atoms with Gasteiger partial charge in [0.25, 0.3) is 0 Å². The first-order chi connectivity index (χ1) is 17.2.